The number of likely N-dealkylation sites (N-methyl/N-ethyl adjacent to an activating group) is 1. The van der Waals surface area contributed by atoms with E-state index in [1.165, 1.54) is 64.2 Å². The second-order valence-corrected chi connectivity index (χ2v) is 19.9. The van der Waals surface area contributed by atoms with Gasteiger partial charge in [-0.05, 0) is 83.5 Å². The summed E-state index contributed by atoms with van der Waals surface area (Å²) in [6, 6.07) is -0.826. The maximum absolute atomic E-state index is 12.9. The SMILES string of the molecule is CC/C=C\C/C=C\C/C=C\C/C=C\C/C=C\C/C=C\C/C=C\C/C=C\C/C=C\CCCCCC(=O)NC(COP(=O)([O-])OCC[N+](C)(C)C)C(O)CCCCCCCCCCCCCCC. The van der Waals surface area contributed by atoms with Gasteiger partial charge >= 0.3 is 0 Å². The number of hydrogen-bond acceptors (Lipinski definition) is 6. The monoisotopic (exact) mass is 939 g/mol. The molecule has 0 aromatic heterocycles. The fraction of sp³-hybridized carbons (Fsp3) is 0.667. The fourth-order valence-electron chi connectivity index (χ4n) is 6.91. The van der Waals surface area contributed by atoms with E-state index in [9.17, 15) is 19.4 Å². The van der Waals surface area contributed by atoms with Gasteiger partial charge in [0.1, 0.15) is 13.2 Å². The zero-order valence-corrected chi connectivity index (χ0v) is 43.7. The van der Waals surface area contributed by atoms with Crippen molar-refractivity contribution in [3.05, 3.63) is 109 Å². The fourth-order valence-corrected chi connectivity index (χ4v) is 7.64. The molecule has 3 atom stereocenters. The first-order valence-corrected chi connectivity index (χ1v) is 27.7. The number of nitrogens with zero attached hydrogens (tertiary/aromatic N) is 1. The van der Waals surface area contributed by atoms with Crippen LogP contribution in [-0.2, 0) is 18.4 Å². The van der Waals surface area contributed by atoms with Gasteiger partial charge in [-0.1, -0.05) is 213 Å². The van der Waals surface area contributed by atoms with Crippen LogP contribution in [0.1, 0.15) is 194 Å². The van der Waals surface area contributed by atoms with Gasteiger partial charge in [0.05, 0.1) is 39.9 Å². The summed E-state index contributed by atoms with van der Waals surface area (Å²) in [6.07, 6.45) is 68.2. The molecular formula is C57H99N2O6P. The van der Waals surface area contributed by atoms with E-state index in [0.717, 1.165) is 103 Å². The summed E-state index contributed by atoms with van der Waals surface area (Å²) in [6.45, 7) is 4.56. The van der Waals surface area contributed by atoms with Crippen LogP contribution in [0.15, 0.2) is 109 Å². The number of hydrogen-bond donors (Lipinski definition) is 2. The molecule has 0 fully saturated rings. The molecule has 0 saturated heterocycles. The smallest absolute Gasteiger partial charge is 0.268 e. The minimum absolute atomic E-state index is 0.000851. The number of carbonyl (C=O) groups excluding carboxylic acids is 1. The van der Waals surface area contributed by atoms with Crippen molar-refractivity contribution in [3.63, 3.8) is 0 Å². The van der Waals surface area contributed by atoms with Crippen molar-refractivity contribution in [2.45, 2.75) is 206 Å². The van der Waals surface area contributed by atoms with E-state index in [0.29, 0.717) is 23.9 Å². The number of rotatable bonds is 46. The lowest BCUT2D eigenvalue weighted by atomic mass is 10.0. The van der Waals surface area contributed by atoms with Crippen molar-refractivity contribution in [3.8, 4) is 0 Å². The highest BCUT2D eigenvalue weighted by molar-refractivity contribution is 7.45. The number of amides is 1. The molecule has 0 spiro atoms. The molecule has 0 heterocycles. The third kappa shape index (κ3) is 49.1. The van der Waals surface area contributed by atoms with Gasteiger partial charge in [-0.25, -0.2) is 0 Å². The van der Waals surface area contributed by atoms with E-state index in [2.05, 4.69) is 129 Å². The number of unbranched alkanes of at least 4 members (excludes halogenated alkanes) is 15. The zero-order chi connectivity index (χ0) is 48.5. The molecule has 2 N–H and O–H groups in total. The van der Waals surface area contributed by atoms with Gasteiger partial charge < -0.3 is 28.8 Å². The summed E-state index contributed by atoms with van der Waals surface area (Å²) in [5.41, 5.74) is 0. The molecule has 8 nitrogen and oxygen atoms in total. The first-order valence-electron chi connectivity index (χ1n) is 26.2. The van der Waals surface area contributed by atoms with Crippen molar-refractivity contribution < 1.29 is 32.9 Å². The molecule has 0 saturated carbocycles. The largest absolute Gasteiger partial charge is 0.756 e. The Bertz CT molecular complexity index is 1440. The van der Waals surface area contributed by atoms with Crippen LogP contribution in [-0.4, -0.2) is 68.5 Å². The summed E-state index contributed by atoms with van der Waals surface area (Å²) < 4.78 is 23.3. The van der Waals surface area contributed by atoms with Crippen LogP contribution in [0.3, 0.4) is 0 Å². The molecule has 66 heavy (non-hydrogen) atoms. The third-order valence-corrected chi connectivity index (χ3v) is 12.0. The highest BCUT2D eigenvalue weighted by atomic mass is 31.2. The number of carbonyl (C=O) groups is 1. The molecule has 0 radical (unpaired) electrons. The number of allylic oxidation sites excluding steroid dienone is 18. The van der Waals surface area contributed by atoms with E-state index in [4.69, 9.17) is 9.05 Å². The van der Waals surface area contributed by atoms with E-state index >= 15 is 0 Å². The quantitative estimate of drug-likeness (QED) is 0.0272. The predicted molar refractivity (Wildman–Crippen MR) is 283 cm³/mol. The van der Waals surface area contributed by atoms with Crippen LogP contribution in [0.5, 0.6) is 0 Å². The summed E-state index contributed by atoms with van der Waals surface area (Å²) in [5, 5.41) is 13.9. The Labute approximate surface area is 406 Å². The van der Waals surface area contributed by atoms with Gasteiger partial charge in [0.2, 0.25) is 5.91 Å². The number of phosphoric acid groups is 1. The van der Waals surface area contributed by atoms with E-state index in [-0.39, 0.29) is 19.1 Å². The standard InChI is InChI=1S/C57H99N2O6P/c1-6-8-10-12-14-16-18-20-21-22-23-24-25-26-27-28-29-30-31-32-33-34-35-36-37-39-41-43-45-47-49-51-57(61)58-55(54-65-66(62,63)64-53-52-59(3,4)5)56(60)50-48-46-44-42-40-38-19-17-15-13-11-9-7-2/h8,10,14,16,20-21,23-24,26-27,29-30,32-33,35-36,39,41,55-56,60H,6-7,9,11-13,15,17-19,22,25,28,31,34,37-38,40,42-54H2,1-5H3,(H-,58,61,62,63)/b10-8-,16-14-,21-20-,24-23-,27-26-,30-29-,33-32-,36-35-,41-39-. The highest BCUT2D eigenvalue weighted by Gasteiger charge is 2.24. The minimum Gasteiger partial charge on any atom is -0.756 e. The van der Waals surface area contributed by atoms with E-state index in [1.54, 1.807) is 0 Å². The Morgan fingerprint density at radius 2 is 0.924 bits per heavy atom. The van der Waals surface area contributed by atoms with Crippen molar-refractivity contribution in [1.82, 2.24) is 5.32 Å². The Morgan fingerprint density at radius 3 is 1.33 bits per heavy atom. The molecule has 0 bridgehead atoms. The zero-order valence-electron chi connectivity index (χ0n) is 42.9. The van der Waals surface area contributed by atoms with Crippen molar-refractivity contribution in [2.24, 2.45) is 0 Å². The second-order valence-electron chi connectivity index (χ2n) is 18.5. The molecule has 0 aromatic carbocycles. The van der Waals surface area contributed by atoms with Crippen LogP contribution >= 0.6 is 7.82 Å². The molecule has 0 rings (SSSR count). The van der Waals surface area contributed by atoms with Crippen LogP contribution < -0.4 is 10.2 Å². The summed E-state index contributed by atoms with van der Waals surface area (Å²) in [4.78, 5) is 25.4. The Balaban J connectivity index is 4.30. The molecule has 9 heteroatoms. The summed E-state index contributed by atoms with van der Waals surface area (Å²) in [5.74, 6) is -0.202. The van der Waals surface area contributed by atoms with Crippen LogP contribution in [0.4, 0.5) is 0 Å². The van der Waals surface area contributed by atoms with Crippen LogP contribution in [0.25, 0.3) is 0 Å². The number of nitrogens with one attached hydrogen (secondary N) is 1. The van der Waals surface area contributed by atoms with Gasteiger partial charge in [0.15, 0.2) is 0 Å². The number of phosphoric ester groups is 1. The molecule has 0 aliphatic heterocycles. The first-order chi connectivity index (χ1) is 32.0. The van der Waals surface area contributed by atoms with Crippen molar-refractivity contribution in [2.75, 3.05) is 40.9 Å². The van der Waals surface area contributed by atoms with Gasteiger partial charge in [-0.3, -0.25) is 9.36 Å². The maximum atomic E-state index is 12.9. The molecule has 0 aliphatic carbocycles. The van der Waals surface area contributed by atoms with Crippen molar-refractivity contribution in [1.29, 1.82) is 0 Å². The maximum Gasteiger partial charge on any atom is 0.268 e. The summed E-state index contributed by atoms with van der Waals surface area (Å²) in [7, 11) is 1.26. The second kappa shape index (κ2) is 47.2. The molecular weight excluding hydrogens is 840 g/mol. The minimum atomic E-state index is -4.58. The number of aliphatic hydroxyl groups excluding tert-OH is 1. The van der Waals surface area contributed by atoms with Gasteiger partial charge in [0, 0.05) is 6.42 Å². The molecule has 0 aliphatic rings. The van der Waals surface area contributed by atoms with E-state index in [1.807, 2.05) is 21.1 Å². The predicted octanol–water partition coefficient (Wildman–Crippen LogP) is 15.0. The highest BCUT2D eigenvalue weighted by Crippen LogP contribution is 2.38. The average Bonchev–Trinajstić information content (AvgIpc) is 3.28. The summed E-state index contributed by atoms with van der Waals surface area (Å²) >= 11 is 0. The Morgan fingerprint density at radius 1 is 0.545 bits per heavy atom. The lowest BCUT2D eigenvalue weighted by Gasteiger charge is -2.30. The third-order valence-electron chi connectivity index (χ3n) is 11.0. The van der Waals surface area contributed by atoms with Crippen LogP contribution in [0.2, 0.25) is 0 Å². The number of quaternary nitrogens is 1. The molecule has 3 unspecified atom stereocenters. The normalized spacial score (nSPS) is 15.0. The topological polar surface area (TPSA) is 108 Å². The van der Waals surface area contributed by atoms with Crippen molar-refractivity contribution >= 4 is 13.7 Å². The first kappa shape index (κ1) is 63.2. The average molecular weight is 939 g/mol. The lowest BCUT2D eigenvalue weighted by Crippen LogP contribution is -2.46. The van der Waals surface area contributed by atoms with Gasteiger partial charge in [-0.2, -0.15) is 0 Å². The van der Waals surface area contributed by atoms with Gasteiger partial charge in [0.25, 0.3) is 7.82 Å². The Kier molecular flexibility index (Phi) is 45.2. The van der Waals surface area contributed by atoms with E-state index < -0.39 is 20.0 Å². The van der Waals surface area contributed by atoms with Crippen LogP contribution in [0, 0.1) is 0 Å². The Hall–Kier alpha value is -2.84. The number of aliphatic hydroxyl groups is 1. The van der Waals surface area contributed by atoms with Gasteiger partial charge in [-0.15, -0.1) is 0 Å². The molecule has 1 amide bonds. The lowest BCUT2D eigenvalue weighted by molar-refractivity contribution is -0.870. The molecule has 0 aromatic rings. The molecule has 378 valence electrons.